The van der Waals surface area contributed by atoms with Crippen molar-refractivity contribution < 1.29 is 20.5 Å². The van der Waals surface area contributed by atoms with Gasteiger partial charge in [-0.15, -0.1) is 0 Å². The van der Waals surface area contributed by atoms with E-state index in [0.717, 1.165) is 46.5 Å². The van der Waals surface area contributed by atoms with Gasteiger partial charge in [0.15, 0.2) is 11.5 Å². The lowest BCUT2D eigenvalue weighted by atomic mass is 9.94. The molecular weight excluding hydrogens is 440 g/mol. The monoisotopic (exact) mass is 472 g/mol. The summed E-state index contributed by atoms with van der Waals surface area (Å²) in [7, 11) is 0. The third kappa shape index (κ3) is 4.61. The molecule has 3 aromatic rings. The Morgan fingerprint density at radius 1 is 0.914 bits per heavy atom. The van der Waals surface area contributed by atoms with E-state index in [4.69, 9.17) is 9.47 Å². The maximum atomic E-state index is 13.3. The van der Waals surface area contributed by atoms with Crippen LogP contribution in [-0.4, -0.2) is 24.1 Å². The Morgan fingerprint density at radius 3 is 2.31 bits per heavy atom. The van der Waals surface area contributed by atoms with Crippen LogP contribution in [0.5, 0.6) is 11.5 Å². The summed E-state index contributed by atoms with van der Waals surface area (Å²) in [6, 6.07) is 19.2. The number of anilines is 1. The number of hydrogen-bond acceptors (Lipinski definition) is 4. The van der Waals surface area contributed by atoms with Gasteiger partial charge >= 0.3 is 0 Å². The Bertz CT molecular complexity index is 1310. The molecule has 5 rings (SSSR count). The number of fused-ring (bicyclic) bond motifs is 1. The third-order valence-corrected chi connectivity index (χ3v) is 6.55. The minimum Gasteiger partial charge on any atom is -0.454 e. The van der Waals surface area contributed by atoms with Gasteiger partial charge in [-0.2, -0.15) is 0 Å². The van der Waals surface area contributed by atoms with Crippen molar-refractivity contribution in [2.75, 3.05) is 12.1 Å². The predicted molar refractivity (Wildman–Crippen MR) is 138 cm³/mol. The Hall–Kier alpha value is -3.80. The number of aryl methyl sites for hydroxylation is 1. The summed E-state index contributed by atoms with van der Waals surface area (Å²) in [4.78, 5) is 25.8. The SMILES string of the molecule is Cc1ccc(NC(=O)C2(c3ccc4c(c3)OCO4)CC2)cc1-c1ccc(C(=O)NC(C)(C)C)cc1.[HH]. The summed E-state index contributed by atoms with van der Waals surface area (Å²) in [6.07, 6.45) is 1.60. The number of amides is 2. The zero-order valence-electron chi connectivity index (χ0n) is 20.5. The average Bonchev–Trinajstić information content (AvgIpc) is 3.50. The highest BCUT2D eigenvalue weighted by atomic mass is 16.7. The van der Waals surface area contributed by atoms with Crippen molar-refractivity contribution in [3.05, 3.63) is 77.4 Å². The normalized spacial score (nSPS) is 15.4. The topological polar surface area (TPSA) is 76.7 Å². The van der Waals surface area contributed by atoms with E-state index in [1.165, 1.54) is 0 Å². The molecule has 6 nitrogen and oxygen atoms in total. The van der Waals surface area contributed by atoms with E-state index in [1.54, 1.807) is 0 Å². The molecule has 1 heterocycles. The minimum absolute atomic E-state index is 0. The number of ether oxygens (including phenoxy) is 2. The molecule has 2 amide bonds. The fraction of sp³-hybridized carbons (Fsp3) is 0.310. The Morgan fingerprint density at radius 2 is 1.63 bits per heavy atom. The van der Waals surface area contributed by atoms with Gasteiger partial charge in [0.1, 0.15) is 0 Å². The van der Waals surface area contributed by atoms with Gasteiger partial charge in [-0.3, -0.25) is 9.59 Å². The van der Waals surface area contributed by atoms with Crippen molar-refractivity contribution in [2.24, 2.45) is 0 Å². The molecule has 1 aliphatic heterocycles. The molecule has 35 heavy (non-hydrogen) atoms. The summed E-state index contributed by atoms with van der Waals surface area (Å²) in [5, 5.41) is 6.11. The van der Waals surface area contributed by atoms with Crippen LogP contribution in [0.4, 0.5) is 5.69 Å². The van der Waals surface area contributed by atoms with Crippen molar-refractivity contribution >= 4 is 17.5 Å². The van der Waals surface area contributed by atoms with E-state index in [2.05, 4.69) is 10.6 Å². The Labute approximate surface area is 207 Å². The number of nitrogens with one attached hydrogen (secondary N) is 2. The van der Waals surface area contributed by atoms with Gasteiger partial charge in [-0.05, 0) is 99.2 Å². The van der Waals surface area contributed by atoms with Gasteiger partial charge in [0, 0.05) is 18.2 Å². The highest BCUT2D eigenvalue weighted by molar-refractivity contribution is 6.02. The molecule has 0 unspecified atom stereocenters. The molecule has 1 fully saturated rings. The second-order valence-corrected chi connectivity index (χ2v) is 10.4. The lowest BCUT2D eigenvalue weighted by molar-refractivity contribution is -0.118. The van der Waals surface area contributed by atoms with Crippen molar-refractivity contribution in [3.8, 4) is 22.6 Å². The van der Waals surface area contributed by atoms with Crippen LogP contribution < -0.4 is 20.1 Å². The molecule has 182 valence electrons. The van der Waals surface area contributed by atoms with Crippen LogP contribution in [0.15, 0.2) is 60.7 Å². The summed E-state index contributed by atoms with van der Waals surface area (Å²) in [5.41, 5.74) is 4.58. The van der Waals surface area contributed by atoms with Crippen LogP contribution in [-0.2, 0) is 10.2 Å². The average molecular weight is 473 g/mol. The lowest BCUT2D eigenvalue weighted by Gasteiger charge is -2.20. The Kier molecular flexibility index (Phi) is 5.55. The fourth-order valence-corrected chi connectivity index (χ4v) is 4.44. The van der Waals surface area contributed by atoms with Crippen LogP contribution in [0, 0.1) is 6.92 Å². The van der Waals surface area contributed by atoms with Crippen LogP contribution in [0.2, 0.25) is 0 Å². The standard InChI is InChI=1S/C29H30N2O4.H2/c1-18-5-11-22(16-23(18)19-6-8-20(9-7-19)26(32)31-28(2,3)4)30-27(33)29(13-14-29)21-10-12-24-25(15-21)35-17-34-24;/h5-12,15-16H,13-14,17H2,1-4H3,(H,30,33)(H,31,32);1H. The number of benzene rings is 3. The second-order valence-electron chi connectivity index (χ2n) is 10.4. The molecule has 3 aromatic carbocycles. The van der Waals surface area contributed by atoms with Gasteiger partial charge in [-0.1, -0.05) is 24.3 Å². The minimum atomic E-state index is -0.534. The van der Waals surface area contributed by atoms with Gasteiger partial charge in [-0.25, -0.2) is 0 Å². The molecule has 1 aliphatic carbocycles. The number of hydrogen-bond donors (Lipinski definition) is 2. The van der Waals surface area contributed by atoms with E-state index in [-0.39, 0.29) is 25.6 Å². The second kappa shape index (κ2) is 8.45. The first-order chi connectivity index (χ1) is 16.6. The van der Waals surface area contributed by atoms with Crippen LogP contribution in [0.1, 0.15) is 56.5 Å². The first kappa shape index (κ1) is 23.0. The van der Waals surface area contributed by atoms with Crippen molar-refractivity contribution in [1.29, 1.82) is 0 Å². The number of carbonyl (C=O) groups is 2. The molecule has 0 saturated heterocycles. The lowest BCUT2D eigenvalue weighted by Crippen LogP contribution is -2.40. The molecule has 2 aliphatic rings. The smallest absolute Gasteiger partial charge is 0.251 e. The first-order valence-electron chi connectivity index (χ1n) is 11.9. The molecule has 6 heteroatoms. The highest BCUT2D eigenvalue weighted by Crippen LogP contribution is 2.51. The van der Waals surface area contributed by atoms with Crippen molar-refractivity contribution in [1.82, 2.24) is 5.32 Å². The third-order valence-electron chi connectivity index (χ3n) is 6.55. The number of carbonyl (C=O) groups excluding carboxylic acids is 2. The highest BCUT2D eigenvalue weighted by Gasteiger charge is 2.51. The molecule has 0 atom stereocenters. The predicted octanol–water partition coefficient (Wildman–Crippen LogP) is 5.84. The molecule has 0 aromatic heterocycles. The van der Waals surface area contributed by atoms with E-state index >= 15 is 0 Å². The largest absolute Gasteiger partial charge is 0.454 e. The molecule has 0 bridgehead atoms. The van der Waals surface area contributed by atoms with Gasteiger partial charge in [0.25, 0.3) is 5.91 Å². The molecule has 2 N–H and O–H groups in total. The van der Waals surface area contributed by atoms with Gasteiger partial charge < -0.3 is 20.1 Å². The van der Waals surface area contributed by atoms with E-state index in [9.17, 15) is 9.59 Å². The zero-order chi connectivity index (χ0) is 24.8. The maximum Gasteiger partial charge on any atom is 0.251 e. The summed E-state index contributed by atoms with van der Waals surface area (Å²) < 4.78 is 10.9. The molecule has 0 radical (unpaired) electrons. The molecular formula is C29H32N2O4. The van der Waals surface area contributed by atoms with E-state index in [0.29, 0.717) is 11.3 Å². The molecule has 0 spiro atoms. The van der Waals surface area contributed by atoms with Gasteiger partial charge in [0.2, 0.25) is 12.7 Å². The van der Waals surface area contributed by atoms with Crippen LogP contribution in [0.25, 0.3) is 11.1 Å². The van der Waals surface area contributed by atoms with Gasteiger partial charge in [0.05, 0.1) is 5.41 Å². The first-order valence-corrected chi connectivity index (χ1v) is 11.9. The quantitative estimate of drug-likeness (QED) is 0.489. The van der Waals surface area contributed by atoms with E-state index < -0.39 is 5.41 Å². The van der Waals surface area contributed by atoms with Crippen molar-refractivity contribution in [2.45, 2.75) is 51.5 Å². The summed E-state index contributed by atoms with van der Waals surface area (Å²) >= 11 is 0. The Balaban J connectivity index is 0.00000304. The number of rotatable bonds is 5. The zero-order valence-corrected chi connectivity index (χ0v) is 20.5. The summed E-state index contributed by atoms with van der Waals surface area (Å²) in [5.74, 6) is 1.30. The maximum absolute atomic E-state index is 13.3. The van der Waals surface area contributed by atoms with Crippen LogP contribution in [0.3, 0.4) is 0 Å². The molecule has 1 saturated carbocycles. The van der Waals surface area contributed by atoms with Crippen molar-refractivity contribution in [3.63, 3.8) is 0 Å². The van der Waals surface area contributed by atoms with E-state index in [1.807, 2.05) is 88.4 Å². The van der Waals surface area contributed by atoms with Crippen LogP contribution >= 0.6 is 0 Å². The summed E-state index contributed by atoms with van der Waals surface area (Å²) in [6.45, 7) is 8.13. The fourth-order valence-electron chi connectivity index (χ4n) is 4.44.